The molecule has 0 aromatic rings. The van der Waals surface area contributed by atoms with E-state index in [0.29, 0.717) is 0 Å². The van der Waals surface area contributed by atoms with Crippen LogP contribution in [0.3, 0.4) is 0 Å². The first-order chi connectivity index (χ1) is 6.82. The molecule has 88 valence electrons. The summed E-state index contributed by atoms with van der Waals surface area (Å²) >= 11 is 15.8. The van der Waals surface area contributed by atoms with E-state index in [1.165, 1.54) is 0 Å². The lowest BCUT2D eigenvalue weighted by molar-refractivity contribution is -0.167. The molecule has 0 aliphatic rings. The van der Waals surface area contributed by atoms with Gasteiger partial charge in [-0.25, -0.2) is 9.59 Å². The summed E-state index contributed by atoms with van der Waals surface area (Å²) in [4.78, 5) is 22.3. The van der Waals surface area contributed by atoms with Gasteiger partial charge >= 0.3 is 11.9 Å². The number of alkyl halides is 3. The van der Waals surface area contributed by atoms with Crippen LogP contribution in [0, 0.1) is 0 Å². The maximum absolute atomic E-state index is 11.2. The van der Waals surface area contributed by atoms with Crippen LogP contribution in [0.15, 0.2) is 0 Å². The topological polar surface area (TPSA) is 52.6 Å². The fraction of sp³-hybridized carbons (Fsp3) is 0.750. The van der Waals surface area contributed by atoms with E-state index in [9.17, 15) is 9.59 Å². The first-order valence-corrected chi connectivity index (χ1v) is 5.40. The van der Waals surface area contributed by atoms with Crippen LogP contribution < -0.4 is 0 Å². The highest BCUT2D eigenvalue weighted by molar-refractivity contribution is 6.75. The third-order valence-electron chi connectivity index (χ3n) is 1.40. The molecule has 15 heavy (non-hydrogen) atoms. The van der Waals surface area contributed by atoms with Gasteiger partial charge in [0, 0.05) is 0 Å². The third kappa shape index (κ3) is 5.44. The first kappa shape index (κ1) is 14.8. The van der Waals surface area contributed by atoms with Gasteiger partial charge in [0.25, 0.3) is 3.79 Å². The molecular weight excluding hydrogens is 266 g/mol. The Morgan fingerprint density at radius 3 is 2.13 bits per heavy atom. The maximum atomic E-state index is 11.2. The number of carbonyl (C=O) groups is 2. The quantitative estimate of drug-likeness (QED) is 0.584. The molecule has 0 saturated carbocycles. The lowest BCUT2D eigenvalue weighted by Gasteiger charge is -2.17. The van der Waals surface area contributed by atoms with E-state index in [0.717, 1.165) is 0 Å². The second-order valence-electron chi connectivity index (χ2n) is 2.55. The molecule has 0 aliphatic carbocycles. The molecule has 4 nitrogen and oxygen atoms in total. The fourth-order valence-electron chi connectivity index (χ4n) is 0.729. The summed E-state index contributed by atoms with van der Waals surface area (Å²) in [5, 5.41) is 0. The van der Waals surface area contributed by atoms with Gasteiger partial charge < -0.3 is 9.47 Å². The number of hydrogen-bond acceptors (Lipinski definition) is 4. The van der Waals surface area contributed by atoms with Crippen LogP contribution in [0.1, 0.15) is 20.3 Å². The van der Waals surface area contributed by atoms with Crippen molar-refractivity contribution in [1.82, 2.24) is 0 Å². The summed E-state index contributed by atoms with van der Waals surface area (Å²) < 4.78 is 7.15. The Balaban J connectivity index is 4.34. The highest BCUT2D eigenvalue weighted by Crippen LogP contribution is 2.28. The molecule has 0 heterocycles. The highest BCUT2D eigenvalue weighted by atomic mass is 35.6. The van der Waals surface area contributed by atoms with Crippen LogP contribution >= 0.6 is 34.8 Å². The van der Waals surface area contributed by atoms with Crippen LogP contribution in [0.5, 0.6) is 0 Å². The lowest BCUT2D eigenvalue weighted by Crippen LogP contribution is -2.33. The normalized spacial score (nSPS) is 13.1. The molecule has 0 rings (SSSR count). The second-order valence-corrected chi connectivity index (χ2v) is 4.83. The Kier molecular flexibility index (Phi) is 6.32. The summed E-state index contributed by atoms with van der Waals surface area (Å²) in [6, 6.07) is 0. The predicted molar refractivity (Wildman–Crippen MR) is 57.1 cm³/mol. The smallest absolute Gasteiger partial charge is 0.359 e. The first-order valence-electron chi connectivity index (χ1n) is 4.27. The minimum absolute atomic E-state index is 0.195. The molecule has 0 aliphatic heterocycles. The highest BCUT2D eigenvalue weighted by Gasteiger charge is 2.36. The lowest BCUT2D eigenvalue weighted by atomic mass is 10.3. The molecule has 0 saturated heterocycles. The van der Waals surface area contributed by atoms with Crippen molar-refractivity contribution in [3.63, 3.8) is 0 Å². The van der Waals surface area contributed by atoms with Crippen molar-refractivity contribution < 1.29 is 19.1 Å². The molecule has 0 radical (unpaired) electrons. The third-order valence-corrected chi connectivity index (χ3v) is 1.86. The molecule has 0 fully saturated rings. The van der Waals surface area contributed by atoms with Crippen LogP contribution in [-0.4, -0.2) is 28.4 Å². The van der Waals surface area contributed by atoms with Gasteiger partial charge in [0.1, 0.15) is 0 Å². The van der Waals surface area contributed by atoms with E-state index >= 15 is 0 Å². The van der Waals surface area contributed by atoms with Crippen molar-refractivity contribution in [1.29, 1.82) is 0 Å². The SMILES string of the molecule is CCOC(=O)C(CC)OC(=O)C(Cl)(Cl)Cl. The summed E-state index contributed by atoms with van der Waals surface area (Å²) in [6.07, 6.45) is -0.779. The van der Waals surface area contributed by atoms with Crippen LogP contribution in [0.2, 0.25) is 0 Å². The van der Waals surface area contributed by atoms with Gasteiger partial charge in [0.2, 0.25) is 0 Å². The number of carbonyl (C=O) groups excluding carboxylic acids is 2. The molecule has 0 aromatic heterocycles. The monoisotopic (exact) mass is 276 g/mol. The second kappa shape index (κ2) is 6.40. The minimum Gasteiger partial charge on any atom is -0.463 e. The molecule has 0 spiro atoms. The zero-order valence-electron chi connectivity index (χ0n) is 8.26. The number of ether oxygens (including phenoxy) is 2. The molecule has 0 N–H and O–H groups in total. The molecular formula is C8H11Cl3O4. The number of rotatable bonds is 4. The molecule has 1 unspecified atom stereocenters. The molecule has 0 bridgehead atoms. The Hall–Kier alpha value is -0.190. The Morgan fingerprint density at radius 2 is 1.80 bits per heavy atom. The standard InChI is InChI=1S/C8H11Cl3O4/c1-3-5(6(12)14-4-2)15-7(13)8(9,10)11/h5H,3-4H2,1-2H3. The van der Waals surface area contributed by atoms with Gasteiger partial charge in [-0.1, -0.05) is 41.7 Å². The van der Waals surface area contributed by atoms with E-state index in [1.54, 1.807) is 13.8 Å². The molecule has 7 heteroatoms. The fourth-order valence-corrected chi connectivity index (χ4v) is 0.863. The Bertz CT molecular complexity index is 237. The average Bonchev–Trinajstić information content (AvgIpc) is 2.12. The van der Waals surface area contributed by atoms with E-state index in [2.05, 4.69) is 9.47 Å². The van der Waals surface area contributed by atoms with Crippen LogP contribution in [0.4, 0.5) is 0 Å². The van der Waals surface area contributed by atoms with Crippen molar-refractivity contribution in [2.24, 2.45) is 0 Å². The molecule has 0 amide bonds. The Labute approximate surface area is 103 Å². The summed E-state index contributed by atoms with van der Waals surface area (Å²) in [7, 11) is 0. The van der Waals surface area contributed by atoms with Crippen LogP contribution in [0.25, 0.3) is 0 Å². The predicted octanol–water partition coefficient (Wildman–Crippen LogP) is 2.24. The zero-order valence-corrected chi connectivity index (χ0v) is 10.5. The van der Waals surface area contributed by atoms with E-state index in [1.807, 2.05) is 0 Å². The van der Waals surface area contributed by atoms with Gasteiger partial charge in [-0.2, -0.15) is 0 Å². The largest absolute Gasteiger partial charge is 0.463 e. The summed E-state index contributed by atoms with van der Waals surface area (Å²) in [5.74, 6) is -1.74. The number of esters is 2. The van der Waals surface area contributed by atoms with Crippen molar-refractivity contribution in [2.45, 2.75) is 30.2 Å². The number of hydrogen-bond donors (Lipinski definition) is 0. The maximum Gasteiger partial charge on any atom is 0.359 e. The van der Waals surface area contributed by atoms with E-state index < -0.39 is 21.8 Å². The minimum atomic E-state index is -2.18. The van der Waals surface area contributed by atoms with Crippen LogP contribution in [-0.2, 0) is 19.1 Å². The molecule has 1 atom stereocenters. The average molecular weight is 278 g/mol. The van der Waals surface area contributed by atoms with Crippen molar-refractivity contribution in [3.05, 3.63) is 0 Å². The van der Waals surface area contributed by atoms with Gasteiger partial charge in [-0.3, -0.25) is 0 Å². The van der Waals surface area contributed by atoms with Gasteiger partial charge in [-0.05, 0) is 13.3 Å². The van der Waals surface area contributed by atoms with Gasteiger partial charge in [-0.15, -0.1) is 0 Å². The summed E-state index contributed by atoms with van der Waals surface area (Å²) in [5.41, 5.74) is 0. The van der Waals surface area contributed by atoms with Gasteiger partial charge in [0.15, 0.2) is 6.10 Å². The summed E-state index contributed by atoms with van der Waals surface area (Å²) in [6.45, 7) is 3.48. The Morgan fingerprint density at radius 1 is 1.27 bits per heavy atom. The van der Waals surface area contributed by atoms with Crippen molar-refractivity contribution >= 4 is 46.7 Å². The van der Waals surface area contributed by atoms with E-state index in [-0.39, 0.29) is 13.0 Å². The van der Waals surface area contributed by atoms with Crippen molar-refractivity contribution in [3.8, 4) is 0 Å². The number of halogens is 3. The van der Waals surface area contributed by atoms with Crippen molar-refractivity contribution in [2.75, 3.05) is 6.61 Å². The van der Waals surface area contributed by atoms with Gasteiger partial charge in [0.05, 0.1) is 6.61 Å². The zero-order chi connectivity index (χ0) is 12.1. The van der Waals surface area contributed by atoms with E-state index in [4.69, 9.17) is 34.8 Å². The molecule has 0 aromatic carbocycles.